The van der Waals surface area contributed by atoms with Gasteiger partial charge in [0.15, 0.2) is 0 Å². The second-order valence-electron chi connectivity index (χ2n) is 4.83. The van der Waals surface area contributed by atoms with Crippen LogP contribution in [0.1, 0.15) is 30.1 Å². The van der Waals surface area contributed by atoms with Gasteiger partial charge in [0, 0.05) is 25.2 Å². The molecule has 0 aliphatic carbocycles. The predicted octanol–water partition coefficient (Wildman–Crippen LogP) is 2.08. The molecule has 0 saturated carbocycles. The van der Waals surface area contributed by atoms with E-state index in [1.54, 1.807) is 0 Å². The molecule has 1 fully saturated rings. The van der Waals surface area contributed by atoms with E-state index < -0.39 is 6.10 Å². The number of hydrogen-bond acceptors (Lipinski definition) is 3. The van der Waals surface area contributed by atoms with Crippen molar-refractivity contribution in [2.24, 2.45) is 5.92 Å². The third kappa shape index (κ3) is 2.05. The van der Waals surface area contributed by atoms with Crippen LogP contribution in [0.3, 0.4) is 0 Å². The molecule has 2 aliphatic rings. The number of fused-ring (bicyclic) bond motifs is 1. The van der Waals surface area contributed by atoms with Crippen LogP contribution in [0.5, 0.6) is 5.75 Å². The zero-order valence-corrected chi connectivity index (χ0v) is 9.89. The molecule has 0 aromatic heterocycles. The Labute approximate surface area is 101 Å². The lowest BCUT2D eigenvalue weighted by atomic mass is 9.88. The molecule has 2 heterocycles. The summed E-state index contributed by atoms with van der Waals surface area (Å²) in [6, 6.07) is 6.10. The molecule has 3 nitrogen and oxygen atoms in total. The summed E-state index contributed by atoms with van der Waals surface area (Å²) >= 11 is 0. The summed E-state index contributed by atoms with van der Waals surface area (Å²) < 4.78 is 11.0. The van der Waals surface area contributed by atoms with Gasteiger partial charge in [0.25, 0.3) is 0 Å². The lowest BCUT2D eigenvalue weighted by molar-refractivity contribution is 0.00635. The lowest BCUT2D eigenvalue weighted by Crippen LogP contribution is -2.22. The molecule has 1 unspecified atom stereocenters. The molecule has 3 heteroatoms. The van der Waals surface area contributed by atoms with Crippen LogP contribution in [0, 0.1) is 5.92 Å². The van der Waals surface area contributed by atoms with Crippen molar-refractivity contribution in [2.75, 3.05) is 19.8 Å². The van der Waals surface area contributed by atoms with Crippen molar-refractivity contribution in [2.45, 2.75) is 25.4 Å². The normalized spacial score (nSPS) is 21.9. The molecule has 1 saturated heterocycles. The van der Waals surface area contributed by atoms with Crippen LogP contribution in [-0.4, -0.2) is 24.9 Å². The molecule has 0 spiro atoms. The topological polar surface area (TPSA) is 38.7 Å². The Morgan fingerprint density at radius 1 is 1.18 bits per heavy atom. The van der Waals surface area contributed by atoms with Crippen LogP contribution < -0.4 is 4.74 Å². The fourth-order valence-corrected chi connectivity index (χ4v) is 2.76. The molecule has 3 rings (SSSR count). The highest BCUT2D eigenvalue weighted by Gasteiger charge is 2.28. The van der Waals surface area contributed by atoms with Crippen LogP contribution in [0.15, 0.2) is 18.2 Å². The third-order valence-electron chi connectivity index (χ3n) is 3.78. The van der Waals surface area contributed by atoms with Crippen molar-refractivity contribution in [3.05, 3.63) is 29.3 Å². The third-order valence-corrected chi connectivity index (χ3v) is 3.78. The maximum absolute atomic E-state index is 10.5. The van der Waals surface area contributed by atoms with Gasteiger partial charge in [-0.05, 0) is 24.3 Å². The minimum Gasteiger partial charge on any atom is -0.493 e. The number of para-hydroxylation sites is 1. The van der Waals surface area contributed by atoms with Crippen molar-refractivity contribution < 1.29 is 14.6 Å². The number of aliphatic hydroxyl groups is 1. The average molecular weight is 234 g/mol. The first-order valence-electron chi connectivity index (χ1n) is 6.36. The summed E-state index contributed by atoms with van der Waals surface area (Å²) in [4.78, 5) is 0. The molecule has 17 heavy (non-hydrogen) atoms. The summed E-state index contributed by atoms with van der Waals surface area (Å²) in [7, 11) is 0. The van der Waals surface area contributed by atoms with Crippen LogP contribution in [0.25, 0.3) is 0 Å². The summed E-state index contributed by atoms with van der Waals surface area (Å²) in [5.41, 5.74) is 2.19. The smallest absolute Gasteiger partial charge is 0.128 e. The molecule has 1 aromatic carbocycles. The first-order chi connectivity index (χ1) is 8.36. The molecule has 2 aliphatic heterocycles. The van der Waals surface area contributed by atoms with E-state index in [-0.39, 0.29) is 0 Å². The van der Waals surface area contributed by atoms with E-state index in [9.17, 15) is 5.11 Å². The molecule has 0 bridgehead atoms. The average Bonchev–Trinajstić information content (AvgIpc) is 2.87. The summed E-state index contributed by atoms with van der Waals surface area (Å²) in [5, 5.41) is 10.5. The minimum atomic E-state index is -0.410. The van der Waals surface area contributed by atoms with E-state index in [0.717, 1.165) is 50.4 Å². The maximum Gasteiger partial charge on any atom is 0.128 e. The second-order valence-corrected chi connectivity index (χ2v) is 4.83. The largest absolute Gasteiger partial charge is 0.493 e. The van der Waals surface area contributed by atoms with Gasteiger partial charge in [0.2, 0.25) is 0 Å². The van der Waals surface area contributed by atoms with Crippen molar-refractivity contribution in [3.63, 3.8) is 0 Å². The number of aliphatic hydroxyl groups excluding tert-OH is 1. The zero-order chi connectivity index (χ0) is 11.7. The van der Waals surface area contributed by atoms with Gasteiger partial charge in [0.1, 0.15) is 5.75 Å². The SMILES string of the molecule is OC(c1cccc2c1OCC2)C1CCOCC1. The Kier molecular flexibility index (Phi) is 3.04. The number of rotatable bonds is 2. The highest BCUT2D eigenvalue weighted by Crippen LogP contribution is 2.38. The summed E-state index contributed by atoms with van der Waals surface area (Å²) in [6.07, 6.45) is 2.42. The minimum absolute atomic E-state index is 0.305. The second kappa shape index (κ2) is 4.67. The van der Waals surface area contributed by atoms with Gasteiger partial charge >= 0.3 is 0 Å². The highest BCUT2D eigenvalue weighted by atomic mass is 16.5. The Balaban J connectivity index is 1.85. The van der Waals surface area contributed by atoms with Gasteiger partial charge < -0.3 is 14.6 Å². The van der Waals surface area contributed by atoms with E-state index in [1.807, 2.05) is 12.1 Å². The van der Waals surface area contributed by atoms with Gasteiger partial charge in [-0.25, -0.2) is 0 Å². The van der Waals surface area contributed by atoms with Crippen LogP contribution in [0.4, 0.5) is 0 Å². The van der Waals surface area contributed by atoms with Gasteiger partial charge in [0.05, 0.1) is 12.7 Å². The predicted molar refractivity (Wildman–Crippen MR) is 64.1 cm³/mol. The molecule has 0 radical (unpaired) electrons. The molecular formula is C14H18O3. The van der Waals surface area contributed by atoms with E-state index in [0.29, 0.717) is 5.92 Å². The zero-order valence-electron chi connectivity index (χ0n) is 9.89. The Morgan fingerprint density at radius 2 is 2.00 bits per heavy atom. The number of hydrogen-bond donors (Lipinski definition) is 1. The molecule has 1 aromatic rings. The van der Waals surface area contributed by atoms with E-state index in [2.05, 4.69) is 6.07 Å². The van der Waals surface area contributed by atoms with Gasteiger partial charge in [-0.3, -0.25) is 0 Å². The van der Waals surface area contributed by atoms with Crippen molar-refractivity contribution >= 4 is 0 Å². The molecular weight excluding hydrogens is 216 g/mol. The fourth-order valence-electron chi connectivity index (χ4n) is 2.76. The maximum atomic E-state index is 10.5. The van der Waals surface area contributed by atoms with Crippen LogP contribution in [0.2, 0.25) is 0 Å². The van der Waals surface area contributed by atoms with E-state index >= 15 is 0 Å². The number of benzene rings is 1. The quantitative estimate of drug-likeness (QED) is 0.851. The highest BCUT2D eigenvalue weighted by molar-refractivity contribution is 5.45. The summed E-state index contributed by atoms with van der Waals surface area (Å²) in [5.74, 6) is 1.23. The molecule has 0 amide bonds. The van der Waals surface area contributed by atoms with Crippen LogP contribution >= 0.6 is 0 Å². The Bertz CT molecular complexity index is 396. The Morgan fingerprint density at radius 3 is 2.82 bits per heavy atom. The van der Waals surface area contributed by atoms with Gasteiger partial charge in [-0.2, -0.15) is 0 Å². The molecule has 1 N–H and O–H groups in total. The van der Waals surface area contributed by atoms with Crippen LogP contribution in [-0.2, 0) is 11.2 Å². The van der Waals surface area contributed by atoms with Gasteiger partial charge in [-0.1, -0.05) is 18.2 Å². The Hall–Kier alpha value is -1.06. The van der Waals surface area contributed by atoms with Crippen molar-refractivity contribution in [1.29, 1.82) is 0 Å². The number of ether oxygens (including phenoxy) is 2. The van der Waals surface area contributed by atoms with Crippen molar-refractivity contribution in [3.8, 4) is 5.75 Å². The first kappa shape index (κ1) is 11.1. The first-order valence-corrected chi connectivity index (χ1v) is 6.36. The summed E-state index contributed by atoms with van der Waals surface area (Å²) in [6.45, 7) is 2.27. The van der Waals surface area contributed by atoms with Crippen molar-refractivity contribution in [1.82, 2.24) is 0 Å². The molecule has 1 atom stereocenters. The standard InChI is InChI=1S/C14H18O3/c15-13(10-4-7-16-8-5-10)12-3-1-2-11-6-9-17-14(11)12/h1-3,10,13,15H,4-9H2. The monoisotopic (exact) mass is 234 g/mol. The van der Waals surface area contributed by atoms with Gasteiger partial charge in [-0.15, -0.1) is 0 Å². The fraction of sp³-hybridized carbons (Fsp3) is 0.571. The lowest BCUT2D eigenvalue weighted by Gasteiger charge is -2.27. The molecule has 92 valence electrons. The van der Waals surface area contributed by atoms with E-state index in [4.69, 9.17) is 9.47 Å². The van der Waals surface area contributed by atoms with E-state index in [1.165, 1.54) is 5.56 Å².